The van der Waals surface area contributed by atoms with Gasteiger partial charge in [0.05, 0.1) is 41.7 Å². The van der Waals surface area contributed by atoms with Crippen LogP contribution < -0.4 is 28.4 Å². The molecule has 6 aliphatic rings. The molecular weight excluding hydrogens is 696 g/mol. The fourth-order valence-corrected chi connectivity index (χ4v) is 5.65. The third-order valence-corrected chi connectivity index (χ3v) is 8.54. The monoisotopic (exact) mass is 740 g/mol. The third kappa shape index (κ3) is 8.71. The van der Waals surface area contributed by atoms with Crippen LogP contribution in [-0.4, -0.2) is 156 Å². The molecule has 12 atom stereocenters. The molecule has 2 aromatic rings. The van der Waals surface area contributed by atoms with Crippen molar-refractivity contribution >= 4 is 12.2 Å². The maximum absolute atomic E-state index is 10.7. The second-order valence-electron chi connectivity index (χ2n) is 11.9. The largest absolute Gasteiger partial charge is 0.493 e. The Morgan fingerprint density at radius 3 is 1.12 bits per heavy atom. The molecule has 52 heavy (non-hydrogen) atoms. The van der Waals surface area contributed by atoms with Crippen molar-refractivity contribution in [2.45, 2.75) is 74.0 Å². The Labute approximate surface area is 298 Å². The molecule has 18 nitrogen and oxygen atoms in total. The molecule has 0 aliphatic carbocycles. The van der Waals surface area contributed by atoms with Crippen molar-refractivity contribution in [3.05, 3.63) is 47.5 Å². The van der Waals surface area contributed by atoms with Crippen LogP contribution in [0.5, 0.6) is 34.5 Å². The van der Waals surface area contributed by atoms with Gasteiger partial charge in [-0.05, 0) is 47.5 Å². The fraction of sp³-hybridized carbons (Fsp3) is 0.529. The minimum absolute atomic E-state index is 0.0338. The highest BCUT2D eigenvalue weighted by Gasteiger charge is 2.47. The third-order valence-electron chi connectivity index (χ3n) is 8.54. The Hall–Kier alpha value is -3.76. The van der Waals surface area contributed by atoms with Crippen molar-refractivity contribution in [1.29, 1.82) is 0 Å². The molecule has 0 aromatic heterocycles. The molecule has 6 heterocycles. The van der Waals surface area contributed by atoms with E-state index in [1.54, 1.807) is 0 Å². The van der Waals surface area contributed by atoms with Gasteiger partial charge in [0.25, 0.3) is 0 Å². The smallest absolute Gasteiger partial charge is 0.229 e. The van der Waals surface area contributed by atoms with Gasteiger partial charge < -0.3 is 88.2 Å². The Kier molecular flexibility index (Phi) is 13.2. The quantitative estimate of drug-likeness (QED) is 0.178. The lowest BCUT2D eigenvalue weighted by atomic mass is 9.99. The van der Waals surface area contributed by atoms with Crippen molar-refractivity contribution in [2.24, 2.45) is 0 Å². The highest BCUT2D eigenvalue weighted by Crippen LogP contribution is 2.42. The molecule has 18 heteroatoms. The van der Waals surface area contributed by atoms with Crippen LogP contribution >= 0.6 is 0 Å². The standard InChI is InChI=1S/C34H44O18/c1-43-17-9-15-5-7-23(35)47-14-22-26(38)28(40)30(42)34(50-22)52-32-19(45-3)11-16(12-20(32)46-4)6-8-24(36)48-13-21-25(37)27(39)29(41)33(49-21)51-31(17)18(10-15)44-2/h5-12,21-30,33-42H,13-14H2,1-4H3/t21-,22+,23-,24-,25-,26+,27+,28-,29-,30+,33+,34+/m1/s1. The zero-order valence-corrected chi connectivity index (χ0v) is 28.6. The highest BCUT2D eigenvalue weighted by molar-refractivity contribution is 5.63. The first-order valence-electron chi connectivity index (χ1n) is 16.1. The molecule has 288 valence electrons. The Balaban J connectivity index is 1.49. The van der Waals surface area contributed by atoms with Gasteiger partial charge in [0.15, 0.2) is 35.6 Å². The summed E-state index contributed by atoms with van der Waals surface area (Å²) in [5.74, 6) is 0.317. The maximum Gasteiger partial charge on any atom is 0.229 e. The topological polar surface area (TPSA) is 254 Å². The van der Waals surface area contributed by atoms with Crippen molar-refractivity contribution in [2.75, 3.05) is 41.7 Å². The van der Waals surface area contributed by atoms with Gasteiger partial charge in [-0.1, -0.05) is 12.2 Å². The number of ether oxygens (including phenoxy) is 10. The van der Waals surface area contributed by atoms with Crippen molar-refractivity contribution in [3.63, 3.8) is 0 Å². The lowest BCUT2D eigenvalue weighted by Gasteiger charge is -2.40. The van der Waals surface area contributed by atoms with E-state index in [1.165, 1.54) is 77.0 Å². The predicted octanol–water partition coefficient (Wildman–Crippen LogP) is -1.50. The summed E-state index contributed by atoms with van der Waals surface area (Å²) in [6.45, 7) is -0.910. The molecule has 0 saturated carbocycles. The summed E-state index contributed by atoms with van der Waals surface area (Å²) in [5.41, 5.74) is 0.850. The summed E-state index contributed by atoms with van der Waals surface area (Å²) in [7, 11) is 5.36. The molecule has 0 spiro atoms. The molecule has 0 amide bonds. The van der Waals surface area contributed by atoms with Gasteiger partial charge in [-0.15, -0.1) is 0 Å². The van der Waals surface area contributed by atoms with Crippen LogP contribution in [0.3, 0.4) is 0 Å². The number of rotatable bonds is 4. The summed E-state index contributed by atoms with van der Waals surface area (Å²) in [4.78, 5) is 0. The van der Waals surface area contributed by atoms with Crippen LogP contribution in [0.2, 0.25) is 0 Å². The van der Waals surface area contributed by atoms with Gasteiger partial charge in [-0.3, -0.25) is 0 Å². The average molecular weight is 741 g/mol. The second-order valence-corrected chi connectivity index (χ2v) is 11.9. The lowest BCUT2D eigenvalue weighted by Crippen LogP contribution is -2.60. The van der Waals surface area contributed by atoms with Gasteiger partial charge >= 0.3 is 0 Å². The highest BCUT2D eigenvalue weighted by atomic mass is 16.7. The van der Waals surface area contributed by atoms with Crippen LogP contribution in [-0.2, 0) is 18.9 Å². The van der Waals surface area contributed by atoms with E-state index in [0.717, 1.165) is 0 Å². The maximum atomic E-state index is 10.7. The summed E-state index contributed by atoms with van der Waals surface area (Å²) >= 11 is 0. The van der Waals surface area contributed by atoms with Gasteiger partial charge in [0.2, 0.25) is 24.1 Å². The SMILES string of the molecule is COc1cc2cc(OC)c1O[C@@H]1O[C@@H](CO[C@@H](O)C=Cc3cc(OC)c(c(OC)c3)O[C@@H]3O[C@H](CO[C@@H](O)C=C2)[C@@H](O)[C@H](O)[C@H]3O)[C@H](O)[C@@H](O)[C@@H]1O. The van der Waals surface area contributed by atoms with Gasteiger partial charge in [-0.2, -0.15) is 0 Å². The molecule has 8 N–H and O–H groups in total. The van der Waals surface area contributed by atoms with Crippen LogP contribution in [0, 0.1) is 0 Å². The van der Waals surface area contributed by atoms with Crippen LogP contribution in [0.4, 0.5) is 0 Å². The first-order chi connectivity index (χ1) is 24.9. The predicted molar refractivity (Wildman–Crippen MR) is 176 cm³/mol. The first kappa shape index (κ1) is 39.4. The minimum Gasteiger partial charge on any atom is -0.493 e. The zero-order chi connectivity index (χ0) is 37.7. The van der Waals surface area contributed by atoms with Gasteiger partial charge in [0.1, 0.15) is 48.8 Å². The summed E-state index contributed by atoms with van der Waals surface area (Å²) in [6, 6.07) is 5.99. The van der Waals surface area contributed by atoms with E-state index in [1.807, 2.05) is 0 Å². The van der Waals surface area contributed by atoms with E-state index in [9.17, 15) is 40.9 Å². The molecule has 2 aromatic carbocycles. The van der Waals surface area contributed by atoms with E-state index >= 15 is 0 Å². The van der Waals surface area contributed by atoms with E-state index < -0.39 is 87.2 Å². The number of hydrogen-bond acceptors (Lipinski definition) is 18. The first-order valence-corrected chi connectivity index (χ1v) is 16.1. The van der Waals surface area contributed by atoms with E-state index in [0.29, 0.717) is 11.1 Å². The Morgan fingerprint density at radius 2 is 0.808 bits per heavy atom. The number of methoxy groups -OCH3 is 4. The van der Waals surface area contributed by atoms with Crippen molar-refractivity contribution in [3.8, 4) is 34.5 Å². The van der Waals surface area contributed by atoms with E-state index in [2.05, 4.69) is 0 Å². The molecule has 2 saturated heterocycles. The second kappa shape index (κ2) is 17.4. The molecule has 6 aliphatic heterocycles. The number of aliphatic hydroxyl groups excluding tert-OH is 8. The molecular formula is C34H44O18. The normalized spacial score (nSPS) is 34.2. The molecule has 2 fully saturated rings. The summed E-state index contributed by atoms with van der Waals surface area (Å²) in [5, 5.41) is 85.1. The molecule has 0 unspecified atom stereocenters. The molecule has 0 radical (unpaired) electrons. The van der Waals surface area contributed by atoms with Crippen LogP contribution in [0.25, 0.3) is 12.2 Å². The summed E-state index contributed by atoms with van der Waals surface area (Å²) in [6.07, 6.45) is -13.6. The van der Waals surface area contributed by atoms with Gasteiger partial charge in [0, 0.05) is 0 Å². The number of aliphatic hydroxyl groups is 8. The molecule has 8 bridgehead atoms. The number of benzene rings is 2. The van der Waals surface area contributed by atoms with Crippen LogP contribution in [0.15, 0.2) is 36.4 Å². The van der Waals surface area contributed by atoms with E-state index in [-0.39, 0.29) is 34.5 Å². The van der Waals surface area contributed by atoms with Crippen molar-refractivity contribution < 1.29 is 88.2 Å². The summed E-state index contributed by atoms with van der Waals surface area (Å²) < 4.78 is 56.1. The van der Waals surface area contributed by atoms with E-state index in [4.69, 9.17) is 47.4 Å². The zero-order valence-electron chi connectivity index (χ0n) is 28.6. The average Bonchev–Trinajstić information content (AvgIpc) is 3.15. The Bertz CT molecular complexity index is 1390. The van der Waals surface area contributed by atoms with Gasteiger partial charge in [-0.25, -0.2) is 0 Å². The van der Waals surface area contributed by atoms with Crippen LogP contribution in [0.1, 0.15) is 11.1 Å². The minimum atomic E-state index is -1.73. The van der Waals surface area contributed by atoms with Crippen molar-refractivity contribution in [1.82, 2.24) is 0 Å². The lowest BCUT2D eigenvalue weighted by molar-refractivity contribution is -0.284. The molecule has 8 rings (SSSR count). The fourth-order valence-electron chi connectivity index (χ4n) is 5.65. The number of hydrogen-bond donors (Lipinski definition) is 8. The Morgan fingerprint density at radius 1 is 0.481 bits per heavy atom.